The molecule has 0 aliphatic rings. The Morgan fingerprint density at radius 1 is 1.63 bits per heavy atom. The van der Waals surface area contributed by atoms with E-state index < -0.39 is 5.97 Å². The first-order chi connectivity index (χ1) is 9.13. The molecule has 0 aliphatic carbocycles. The number of ether oxygens (including phenoxy) is 1. The number of halogens is 1. The lowest BCUT2D eigenvalue weighted by molar-refractivity contribution is -0.137. The number of rotatable bonds is 5. The lowest BCUT2D eigenvalue weighted by Crippen LogP contribution is -2.04. The SMILES string of the molecule is CCNc1c(C#N)cnc(Cl)c1/C=C/C(=O)OCC. The summed E-state index contributed by atoms with van der Waals surface area (Å²) in [7, 11) is 0. The van der Waals surface area contributed by atoms with Crippen molar-refractivity contribution in [3.8, 4) is 6.07 Å². The summed E-state index contributed by atoms with van der Waals surface area (Å²) < 4.78 is 4.79. The average Bonchev–Trinajstić information content (AvgIpc) is 2.39. The molecule has 0 unspecified atom stereocenters. The summed E-state index contributed by atoms with van der Waals surface area (Å²) in [6.45, 7) is 4.54. The van der Waals surface area contributed by atoms with E-state index in [1.807, 2.05) is 13.0 Å². The molecule has 0 amide bonds. The van der Waals surface area contributed by atoms with Crippen LogP contribution in [0.25, 0.3) is 6.08 Å². The monoisotopic (exact) mass is 279 g/mol. The Labute approximate surface area is 116 Å². The van der Waals surface area contributed by atoms with E-state index in [1.54, 1.807) is 6.92 Å². The van der Waals surface area contributed by atoms with Gasteiger partial charge in [-0.2, -0.15) is 5.26 Å². The molecule has 1 rings (SSSR count). The van der Waals surface area contributed by atoms with Crippen LogP contribution in [0.15, 0.2) is 12.3 Å². The van der Waals surface area contributed by atoms with Crippen LogP contribution in [0.3, 0.4) is 0 Å². The number of nitriles is 1. The lowest BCUT2D eigenvalue weighted by atomic mass is 10.1. The van der Waals surface area contributed by atoms with Crippen LogP contribution in [-0.2, 0) is 9.53 Å². The fraction of sp³-hybridized carbons (Fsp3) is 0.308. The van der Waals surface area contributed by atoms with Crippen molar-refractivity contribution >= 4 is 29.3 Å². The maximum Gasteiger partial charge on any atom is 0.330 e. The predicted molar refractivity (Wildman–Crippen MR) is 73.8 cm³/mol. The number of pyridine rings is 1. The summed E-state index contributed by atoms with van der Waals surface area (Å²) in [6.07, 6.45) is 4.14. The number of hydrogen-bond donors (Lipinski definition) is 1. The molecule has 6 heteroatoms. The number of aromatic nitrogens is 1. The quantitative estimate of drug-likeness (QED) is 0.509. The molecular formula is C13H14ClN3O2. The summed E-state index contributed by atoms with van der Waals surface area (Å²) in [5, 5.41) is 12.3. The number of nitrogens with zero attached hydrogens (tertiary/aromatic N) is 2. The number of hydrogen-bond acceptors (Lipinski definition) is 5. The van der Waals surface area contributed by atoms with E-state index in [0.29, 0.717) is 30.0 Å². The van der Waals surface area contributed by atoms with Gasteiger partial charge in [-0.15, -0.1) is 0 Å². The molecule has 0 saturated carbocycles. The van der Waals surface area contributed by atoms with Crippen molar-refractivity contribution in [3.05, 3.63) is 28.6 Å². The zero-order valence-electron chi connectivity index (χ0n) is 10.7. The second kappa shape index (κ2) is 7.39. The van der Waals surface area contributed by atoms with E-state index >= 15 is 0 Å². The van der Waals surface area contributed by atoms with Gasteiger partial charge in [0.25, 0.3) is 0 Å². The minimum Gasteiger partial charge on any atom is -0.463 e. The van der Waals surface area contributed by atoms with Gasteiger partial charge in [0.15, 0.2) is 0 Å². The molecule has 0 bridgehead atoms. The third-order valence-corrected chi connectivity index (χ3v) is 2.52. The Bertz CT molecular complexity index is 535. The fourth-order valence-electron chi connectivity index (χ4n) is 1.45. The van der Waals surface area contributed by atoms with Gasteiger partial charge < -0.3 is 10.1 Å². The molecule has 0 saturated heterocycles. The number of carbonyl (C=O) groups is 1. The van der Waals surface area contributed by atoms with Crippen LogP contribution in [0.2, 0.25) is 5.15 Å². The maximum atomic E-state index is 11.3. The van der Waals surface area contributed by atoms with Crippen molar-refractivity contribution in [1.82, 2.24) is 4.98 Å². The van der Waals surface area contributed by atoms with Gasteiger partial charge in [-0.05, 0) is 19.9 Å². The minimum absolute atomic E-state index is 0.218. The van der Waals surface area contributed by atoms with Crippen molar-refractivity contribution in [2.75, 3.05) is 18.5 Å². The fourth-order valence-corrected chi connectivity index (χ4v) is 1.66. The number of anilines is 1. The van der Waals surface area contributed by atoms with E-state index in [0.717, 1.165) is 0 Å². The zero-order chi connectivity index (χ0) is 14.3. The van der Waals surface area contributed by atoms with Crippen molar-refractivity contribution in [3.63, 3.8) is 0 Å². The third kappa shape index (κ3) is 3.97. The molecule has 0 radical (unpaired) electrons. The molecule has 5 nitrogen and oxygen atoms in total. The lowest BCUT2D eigenvalue weighted by Gasteiger charge is -2.10. The summed E-state index contributed by atoms with van der Waals surface area (Å²) in [5.74, 6) is -0.469. The van der Waals surface area contributed by atoms with Crippen LogP contribution in [0.4, 0.5) is 5.69 Å². The first-order valence-electron chi connectivity index (χ1n) is 5.81. The molecule has 100 valence electrons. The first kappa shape index (κ1) is 15.0. The van der Waals surface area contributed by atoms with Crippen molar-refractivity contribution in [2.45, 2.75) is 13.8 Å². The molecule has 0 atom stereocenters. The van der Waals surface area contributed by atoms with Crippen LogP contribution in [0, 0.1) is 11.3 Å². The molecule has 1 heterocycles. The van der Waals surface area contributed by atoms with E-state index in [-0.39, 0.29) is 5.15 Å². The zero-order valence-corrected chi connectivity index (χ0v) is 11.5. The highest BCUT2D eigenvalue weighted by atomic mass is 35.5. The second-order valence-corrected chi connectivity index (χ2v) is 3.84. The molecule has 0 aromatic carbocycles. The molecule has 1 aromatic heterocycles. The van der Waals surface area contributed by atoms with Gasteiger partial charge >= 0.3 is 5.97 Å². The smallest absolute Gasteiger partial charge is 0.330 e. The van der Waals surface area contributed by atoms with E-state index in [4.69, 9.17) is 21.6 Å². The van der Waals surface area contributed by atoms with Gasteiger partial charge in [-0.25, -0.2) is 9.78 Å². The van der Waals surface area contributed by atoms with Gasteiger partial charge in [0, 0.05) is 24.4 Å². The van der Waals surface area contributed by atoms with E-state index in [1.165, 1.54) is 18.3 Å². The van der Waals surface area contributed by atoms with Crippen LogP contribution in [0.5, 0.6) is 0 Å². The van der Waals surface area contributed by atoms with Crippen molar-refractivity contribution in [1.29, 1.82) is 5.26 Å². The normalized spacial score (nSPS) is 10.2. The van der Waals surface area contributed by atoms with Crippen LogP contribution < -0.4 is 5.32 Å². The largest absolute Gasteiger partial charge is 0.463 e. The minimum atomic E-state index is -0.469. The molecule has 0 aliphatic heterocycles. The third-order valence-electron chi connectivity index (χ3n) is 2.21. The van der Waals surface area contributed by atoms with Crippen molar-refractivity contribution in [2.24, 2.45) is 0 Å². The Morgan fingerprint density at radius 2 is 2.37 bits per heavy atom. The standard InChI is InChI=1S/C13H14ClN3O2/c1-3-16-12-9(7-15)8-17-13(14)10(12)5-6-11(18)19-4-2/h5-6,8H,3-4H2,1-2H3,(H,16,17)/b6-5+. The molecule has 1 aromatic rings. The Hall–Kier alpha value is -2.06. The van der Waals surface area contributed by atoms with Gasteiger partial charge in [0.2, 0.25) is 0 Å². The van der Waals surface area contributed by atoms with E-state index in [2.05, 4.69) is 10.3 Å². The summed E-state index contributed by atoms with van der Waals surface area (Å²) in [5.41, 5.74) is 1.43. The molecule has 1 N–H and O–H groups in total. The second-order valence-electron chi connectivity index (χ2n) is 3.48. The number of esters is 1. The first-order valence-corrected chi connectivity index (χ1v) is 6.19. The predicted octanol–water partition coefficient (Wildman–Crippen LogP) is 2.61. The van der Waals surface area contributed by atoms with Gasteiger partial charge in [-0.3, -0.25) is 0 Å². The Kier molecular flexibility index (Phi) is 5.83. The maximum absolute atomic E-state index is 11.3. The number of carbonyl (C=O) groups excluding carboxylic acids is 1. The summed E-state index contributed by atoms with van der Waals surface area (Å²) in [6, 6.07) is 2.03. The van der Waals surface area contributed by atoms with Gasteiger partial charge in [-0.1, -0.05) is 11.6 Å². The highest BCUT2D eigenvalue weighted by molar-refractivity contribution is 6.31. The van der Waals surface area contributed by atoms with Crippen LogP contribution in [-0.4, -0.2) is 24.1 Å². The number of nitrogens with one attached hydrogen (secondary N) is 1. The highest BCUT2D eigenvalue weighted by Gasteiger charge is 2.11. The Balaban J connectivity index is 3.17. The van der Waals surface area contributed by atoms with E-state index in [9.17, 15) is 4.79 Å². The summed E-state index contributed by atoms with van der Waals surface area (Å²) in [4.78, 5) is 15.2. The topological polar surface area (TPSA) is 75.0 Å². The molecule has 19 heavy (non-hydrogen) atoms. The molecule has 0 spiro atoms. The highest BCUT2D eigenvalue weighted by Crippen LogP contribution is 2.27. The summed E-state index contributed by atoms with van der Waals surface area (Å²) >= 11 is 5.99. The van der Waals surface area contributed by atoms with Crippen LogP contribution in [0.1, 0.15) is 25.0 Å². The molecule has 0 fully saturated rings. The van der Waals surface area contributed by atoms with Gasteiger partial charge in [0.1, 0.15) is 11.2 Å². The Morgan fingerprint density at radius 3 is 2.95 bits per heavy atom. The molecular weight excluding hydrogens is 266 g/mol. The van der Waals surface area contributed by atoms with Gasteiger partial charge in [0.05, 0.1) is 17.9 Å². The van der Waals surface area contributed by atoms with Crippen molar-refractivity contribution < 1.29 is 9.53 Å². The average molecular weight is 280 g/mol. The van der Waals surface area contributed by atoms with Crippen LogP contribution >= 0.6 is 11.6 Å².